The van der Waals surface area contributed by atoms with E-state index in [0.29, 0.717) is 18.3 Å². The summed E-state index contributed by atoms with van der Waals surface area (Å²) in [5, 5.41) is 0. The molecule has 194 valence electrons. The highest BCUT2D eigenvalue weighted by Gasteiger charge is 2.56. The van der Waals surface area contributed by atoms with Gasteiger partial charge in [0.05, 0.1) is 24.6 Å². The van der Waals surface area contributed by atoms with Gasteiger partial charge in [-0.15, -0.1) is 0 Å². The number of aliphatic imine (C=N–C) groups is 1. The molecule has 1 unspecified atom stereocenters. The summed E-state index contributed by atoms with van der Waals surface area (Å²) in [6.07, 6.45) is 6.31. The van der Waals surface area contributed by atoms with Crippen LogP contribution in [-0.4, -0.2) is 64.3 Å². The molecule has 3 aliphatic heterocycles. The summed E-state index contributed by atoms with van der Waals surface area (Å²) in [5.74, 6) is 0.422. The molecule has 3 aliphatic rings. The second-order valence-corrected chi connectivity index (χ2v) is 11.6. The summed E-state index contributed by atoms with van der Waals surface area (Å²) in [6, 6.07) is 10.8. The second kappa shape index (κ2) is 10.3. The number of aromatic nitrogens is 2. The molecule has 0 bridgehead atoms. The average molecular weight is 514 g/mol. The molecule has 6 atom stereocenters. The van der Waals surface area contributed by atoms with Crippen molar-refractivity contribution < 1.29 is 13.8 Å². The minimum absolute atomic E-state index is 0.121. The SMILES string of the molecule is CC[C@H]1O[C@@H](n2cc(C)c(/N=C\N(C)C)nc2=O)CC1O[P@]1O[C@@](C)(c2ccccc2)[C@H]2CCCN21. The van der Waals surface area contributed by atoms with Crippen LogP contribution in [0.3, 0.4) is 0 Å². The Balaban J connectivity index is 1.34. The number of benzene rings is 1. The van der Waals surface area contributed by atoms with Crippen LogP contribution in [0.4, 0.5) is 5.82 Å². The Morgan fingerprint density at radius 1 is 1.33 bits per heavy atom. The van der Waals surface area contributed by atoms with Crippen LogP contribution in [-0.2, 0) is 19.4 Å². The molecule has 5 rings (SSSR count). The molecular weight excluding hydrogens is 477 g/mol. The molecule has 2 aromatic rings. The van der Waals surface area contributed by atoms with Crippen LogP contribution in [0.1, 0.15) is 56.9 Å². The number of rotatable bonds is 7. The summed E-state index contributed by atoms with van der Waals surface area (Å²) in [4.78, 5) is 23.2. The van der Waals surface area contributed by atoms with E-state index in [9.17, 15) is 4.79 Å². The first-order valence-corrected chi connectivity index (χ1v) is 13.9. The van der Waals surface area contributed by atoms with Crippen LogP contribution in [0.5, 0.6) is 0 Å². The Kier molecular flexibility index (Phi) is 7.30. The van der Waals surface area contributed by atoms with Gasteiger partial charge in [0.25, 0.3) is 8.53 Å². The van der Waals surface area contributed by atoms with Gasteiger partial charge in [0.15, 0.2) is 5.82 Å². The summed E-state index contributed by atoms with van der Waals surface area (Å²) >= 11 is 0. The largest absolute Gasteiger partial charge is 0.369 e. The van der Waals surface area contributed by atoms with Gasteiger partial charge >= 0.3 is 5.69 Å². The minimum Gasteiger partial charge on any atom is -0.369 e. The number of hydrogen-bond donors (Lipinski definition) is 0. The van der Waals surface area contributed by atoms with Crippen molar-refractivity contribution in [1.29, 1.82) is 0 Å². The Labute approximate surface area is 214 Å². The number of aryl methyl sites for hydroxylation is 1. The van der Waals surface area contributed by atoms with Crippen LogP contribution in [0, 0.1) is 6.92 Å². The molecule has 1 aromatic heterocycles. The third-order valence-electron chi connectivity index (χ3n) is 7.32. The lowest BCUT2D eigenvalue weighted by Gasteiger charge is -2.29. The topological polar surface area (TPSA) is 81.4 Å². The minimum atomic E-state index is -1.23. The van der Waals surface area contributed by atoms with E-state index in [1.807, 2.05) is 27.1 Å². The van der Waals surface area contributed by atoms with E-state index in [1.165, 1.54) is 5.56 Å². The molecule has 0 radical (unpaired) electrons. The van der Waals surface area contributed by atoms with Gasteiger partial charge in [-0.25, -0.2) is 14.5 Å². The zero-order valence-corrected chi connectivity index (χ0v) is 22.6. The molecule has 3 saturated heterocycles. The lowest BCUT2D eigenvalue weighted by Crippen LogP contribution is -2.36. The molecule has 1 aromatic carbocycles. The Bertz CT molecular complexity index is 1160. The molecule has 3 fully saturated rings. The molecule has 0 amide bonds. The van der Waals surface area contributed by atoms with Gasteiger partial charge in [-0.05, 0) is 38.7 Å². The second-order valence-electron chi connectivity index (χ2n) is 10.2. The number of nitrogens with zero attached hydrogens (tertiary/aromatic N) is 5. The quantitative estimate of drug-likeness (QED) is 0.307. The highest BCUT2D eigenvalue weighted by Crippen LogP contribution is 2.64. The Morgan fingerprint density at radius 3 is 2.83 bits per heavy atom. The lowest BCUT2D eigenvalue weighted by atomic mass is 9.87. The van der Waals surface area contributed by atoms with E-state index in [2.05, 4.69) is 52.8 Å². The monoisotopic (exact) mass is 513 g/mol. The molecule has 4 heterocycles. The summed E-state index contributed by atoms with van der Waals surface area (Å²) < 4.78 is 23.7. The molecule has 36 heavy (non-hydrogen) atoms. The fourth-order valence-corrected chi connectivity index (χ4v) is 7.55. The van der Waals surface area contributed by atoms with Gasteiger partial charge in [0.2, 0.25) is 0 Å². The molecule has 0 saturated carbocycles. The van der Waals surface area contributed by atoms with Crippen molar-refractivity contribution in [3.05, 3.63) is 58.1 Å². The van der Waals surface area contributed by atoms with Crippen LogP contribution < -0.4 is 5.69 Å². The third kappa shape index (κ3) is 4.75. The molecule has 0 N–H and O–H groups in total. The smallest absolute Gasteiger partial charge is 0.351 e. The van der Waals surface area contributed by atoms with E-state index in [4.69, 9.17) is 13.8 Å². The Morgan fingerprint density at radius 2 is 2.11 bits per heavy atom. The van der Waals surface area contributed by atoms with Crippen molar-refractivity contribution >= 4 is 20.7 Å². The van der Waals surface area contributed by atoms with E-state index in [0.717, 1.165) is 31.4 Å². The zero-order chi connectivity index (χ0) is 25.4. The maximum Gasteiger partial charge on any atom is 0.351 e. The van der Waals surface area contributed by atoms with Gasteiger partial charge in [-0.2, -0.15) is 4.98 Å². The Hall–Kier alpha value is -2.16. The van der Waals surface area contributed by atoms with Gasteiger partial charge < -0.3 is 18.7 Å². The van der Waals surface area contributed by atoms with Gasteiger partial charge in [0, 0.05) is 38.8 Å². The number of ether oxygens (including phenoxy) is 1. The van der Waals surface area contributed by atoms with Crippen molar-refractivity contribution in [2.45, 2.75) is 76.5 Å². The fraction of sp³-hybridized carbons (Fsp3) is 0.577. The van der Waals surface area contributed by atoms with Gasteiger partial charge in [-0.3, -0.25) is 4.57 Å². The van der Waals surface area contributed by atoms with Crippen LogP contribution in [0.15, 0.2) is 46.3 Å². The van der Waals surface area contributed by atoms with Crippen molar-refractivity contribution in [1.82, 2.24) is 19.1 Å². The highest BCUT2D eigenvalue weighted by molar-refractivity contribution is 7.45. The van der Waals surface area contributed by atoms with E-state index in [1.54, 1.807) is 22.0 Å². The predicted molar refractivity (Wildman–Crippen MR) is 140 cm³/mol. The van der Waals surface area contributed by atoms with Gasteiger partial charge in [0.1, 0.15) is 11.8 Å². The summed E-state index contributed by atoms with van der Waals surface area (Å²) in [5.41, 5.74) is 1.24. The van der Waals surface area contributed by atoms with Crippen LogP contribution in [0.25, 0.3) is 0 Å². The first-order valence-electron chi connectivity index (χ1n) is 12.7. The van der Waals surface area contributed by atoms with Crippen molar-refractivity contribution in [2.75, 3.05) is 20.6 Å². The maximum atomic E-state index is 12.9. The fourth-order valence-electron chi connectivity index (χ4n) is 5.40. The van der Waals surface area contributed by atoms with Crippen molar-refractivity contribution in [3.63, 3.8) is 0 Å². The number of hydrogen-bond acceptors (Lipinski definition) is 7. The van der Waals surface area contributed by atoms with Gasteiger partial charge in [-0.1, -0.05) is 37.3 Å². The normalized spacial score (nSPS) is 32.4. The first kappa shape index (κ1) is 25.5. The molecular formula is C26H36N5O4P. The zero-order valence-electron chi connectivity index (χ0n) is 21.7. The average Bonchev–Trinajstić information content (AvgIpc) is 3.57. The maximum absolute atomic E-state index is 12.9. The highest BCUT2D eigenvalue weighted by atomic mass is 31.2. The van der Waals surface area contributed by atoms with E-state index in [-0.39, 0.29) is 17.9 Å². The standard InChI is InChI=1S/C26H36N5O4P/c1-6-20-21(15-23(33-20)30-16-18(2)24(28-25(30)32)27-17-29(4)5)34-36-31-14-10-13-22(31)26(3,35-36)19-11-8-7-9-12-19/h7-9,11-12,16-17,20-23H,6,10,13-15H2,1-5H3/b27-17-/t20-,21?,22-,23-,26+,36-/m1/s1. The van der Waals surface area contributed by atoms with Crippen molar-refractivity contribution in [3.8, 4) is 0 Å². The number of fused-ring (bicyclic) bond motifs is 1. The third-order valence-corrected chi connectivity index (χ3v) is 9.21. The molecule has 9 nitrogen and oxygen atoms in total. The molecule has 0 spiro atoms. The van der Waals surface area contributed by atoms with E-state index >= 15 is 0 Å². The molecule has 10 heteroatoms. The molecule has 0 aliphatic carbocycles. The summed E-state index contributed by atoms with van der Waals surface area (Å²) in [6.45, 7) is 7.16. The van der Waals surface area contributed by atoms with Crippen molar-refractivity contribution in [2.24, 2.45) is 4.99 Å². The summed E-state index contributed by atoms with van der Waals surface area (Å²) in [7, 11) is 2.52. The van der Waals surface area contributed by atoms with Crippen LogP contribution in [0.2, 0.25) is 0 Å². The van der Waals surface area contributed by atoms with E-state index < -0.39 is 20.4 Å². The van der Waals surface area contributed by atoms with Crippen LogP contribution >= 0.6 is 8.53 Å². The first-order chi connectivity index (χ1) is 17.3. The lowest BCUT2D eigenvalue weighted by molar-refractivity contribution is -0.0198. The predicted octanol–water partition coefficient (Wildman–Crippen LogP) is 4.49.